The van der Waals surface area contributed by atoms with Gasteiger partial charge < -0.3 is 10.5 Å². The summed E-state index contributed by atoms with van der Waals surface area (Å²) in [5.41, 5.74) is 9.28. The number of benzene rings is 2. The van der Waals surface area contributed by atoms with Crippen LogP contribution in [0.2, 0.25) is 0 Å². The Balaban J connectivity index is 2.01. The number of hydrogen-bond donors (Lipinski definition) is 1. The van der Waals surface area contributed by atoms with E-state index in [1.165, 1.54) is 16.7 Å². The van der Waals surface area contributed by atoms with Crippen LogP contribution in [0.25, 0.3) is 0 Å². The van der Waals surface area contributed by atoms with Gasteiger partial charge in [-0.3, -0.25) is 0 Å². The zero-order chi connectivity index (χ0) is 13.7. The van der Waals surface area contributed by atoms with Crippen LogP contribution in [0.15, 0.2) is 42.5 Å². The molecule has 2 aromatic rings. The fourth-order valence-electron chi connectivity index (χ4n) is 1.83. The maximum atomic E-state index is 5.86. The molecule has 0 atom stereocenters. The molecule has 0 aliphatic rings. The predicted octanol–water partition coefficient (Wildman–Crippen LogP) is 3.68. The minimum Gasteiger partial charge on any atom is -0.488 e. The van der Waals surface area contributed by atoms with Crippen LogP contribution in [0, 0.1) is 10.5 Å². The second kappa shape index (κ2) is 6.91. The highest BCUT2D eigenvalue weighted by molar-refractivity contribution is 14.1. The molecule has 3 heteroatoms. The molecule has 0 bridgehead atoms. The van der Waals surface area contributed by atoms with Gasteiger partial charge >= 0.3 is 0 Å². The highest BCUT2D eigenvalue weighted by Crippen LogP contribution is 2.23. The van der Waals surface area contributed by atoms with Gasteiger partial charge in [0.05, 0.1) is 3.57 Å². The van der Waals surface area contributed by atoms with Crippen molar-refractivity contribution in [3.05, 3.63) is 62.7 Å². The molecule has 0 aliphatic carbocycles. The van der Waals surface area contributed by atoms with Gasteiger partial charge in [0.2, 0.25) is 0 Å². The van der Waals surface area contributed by atoms with Crippen LogP contribution in [0.5, 0.6) is 5.75 Å². The molecule has 0 amide bonds. The molecule has 2 nitrogen and oxygen atoms in total. The Labute approximate surface area is 128 Å². The fourth-order valence-corrected chi connectivity index (χ4v) is 2.56. The van der Waals surface area contributed by atoms with Crippen molar-refractivity contribution in [2.24, 2.45) is 5.73 Å². The van der Waals surface area contributed by atoms with E-state index in [1.807, 2.05) is 6.07 Å². The molecule has 0 radical (unpaired) electrons. The minimum atomic E-state index is 0.604. The van der Waals surface area contributed by atoms with E-state index in [-0.39, 0.29) is 0 Å². The second-order valence-corrected chi connectivity index (χ2v) is 5.74. The number of rotatable bonds is 5. The summed E-state index contributed by atoms with van der Waals surface area (Å²) >= 11 is 2.31. The van der Waals surface area contributed by atoms with E-state index < -0.39 is 0 Å². The first-order chi connectivity index (χ1) is 9.19. The average Bonchev–Trinajstić information content (AvgIpc) is 2.40. The summed E-state index contributed by atoms with van der Waals surface area (Å²) < 4.78 is 6.99. The standard InChI is InChI=1S/C16H18INO/c1-12-2-4-14(5-3-12)11-19-16-7-6-13(8-9-18)10-15(16)17/h2-7,10H,8-9,11,18H2,1H3. The lowest BCUT2D eigenvalue weighted by molar-refractivity contribution is 0.304. The number of aryl methyl sites for hydroxylation is 1. The lowest BCUT2D eigenvalue weighted by Gasteiger charge is -2.10. The average molecular weight is 367 g/mol. The van der Waals surface area contributed by atoms with Crippen LogP contribution < -0.4 is 10.5 Å². The normalized spacial score (nSPS) is 10.5. The lowest BCUT2D eigenvalue weighted by atomic mass is 10.1. The van der Waals surface area contributed by atoms with E-state index in [4.69, 9.17) is 10.5 Å². The van der Waals surface area contributed by atoms with Gasteiger partial charge in [-0.1, -0.05) is 35.9 Å². The van der Waals surface area contributed by atoms with Crippen LogP contribution in [0.4, 0.5) is 0 Å². The van der Waals surface area contributed by atoms with E-state index in [9.17, 15) is 0 Å². The van der Waals surface area contributed by atoms with E-state index >= 15 is 0 Å². The summed E-state index contributed by atoms with van der Waals surface area (Å²) in [6.07, 6.45) is 0.911. The Bertz CT molecular complexity index is 537. The quantitative estimate of drug-likeness (QED) is 0.819. The molecule has 0 heterocycles. The molecule has 2 N–H and O–H groups in total. The Hall–Kier alpha value is -1.07. The summed E-state index contributed by atoms with van der Waals surface area (Å²) in [7, 11) is 0. The maximum absolute atomic E-state index is 5.86. The molecule has 0 spiro atoms. The molecule has 0 saturated carbocycles. The highest BCUT2D eigenvalue weighted by atomic mass is 127. The van der Waals surface area contributed by atoms with E-state index in [2.05, 4.69) is 65.9 Å². The van der Waals surface area contributed by atoms with Gasteiger partial charge in [0.15, 0.2) is 0 Å². The van der Waals surface area contributed by atoms with Gasteiger partial charge in [0.1, 0.15) is 12.4 Å². The van der Waals surface area contributed by atoms with Gasteiger partial charge in [0.25, 0.3) is 0 Å². The smallest absolute Gasteiger partial charge is 0.133 e. The SMILES string of the molecule is Cc1ccc(COc2ccc(CCN)cc2I)cc1. The van der Waals surface area contributed by atoms with Crippen molar-refractivity contribution in [2.45, 2.75) is 20.0 Å². The molecular formula is C16H18INO. The Kier molecular flexibility index (Phi) is 5.22. The van der Waals surface area contributed by atoms with E-state index in [0.29, 0.717) is 13.2 Å². The van der Waals surface area contributed by atoms with Gasteiger partial charge in [-0.15, -0.1) is 0 Å². The molecule has 0 saturated heterocycles. The van der Waals surface area contributed by atoms with Crippen LogP contribution >= 0.6 is 22.6 Å². The third-order valence-corrected chi connectivity index (χ3v) is 3.79. The zero-order valence-electron chi connectivity index (χ0n) is 11.0. The molecule has 2 aromatic carbocycles. The summed E-state index contributed by atoms with van der Waals surface area (Å²) in [5.74, 6) is 0.932. The van der Waals surface area contributed by atoms with Gasteiger partial charge in [-0.25, -0.2) is 0 Å². The van der Waals surface area contributed by atoms with Gasteiger partial charge in [-0.2, -0.15) is 0 Å². The third-order valence-electron chi connectivity index (χ3n) is 2.94. The van der Waals surface area contributed by atoms with Crippen molar-refractivity contribution in [3.63, 3.8) is 0 Å². The molecule has 0 unspecified atom stereocenters. The highest BCUT2D eigenvalue weighted by Gasteiger charge is 2.03. The lowest BCUT2D eigenvalue weighted by Crippen LogP contribution is -2.03. The molecule has 2 rings (SSSR count). The molecule has 19 heavy (non-hydrogen) atoms. The first-order valence-electron chi connectivity index (χ1n) is 6.36. The summed E-state index contributed by atoms with van der Waals surface area (Å²) in [6.45, 7) is 3.37. The zero-order valence-corrected chi connectivity index (χ0v) is 13.2. The fraction of sp³-hybridized carbons (Fsp3) is 0.250. The predicted molar refractivity (Wildman–Crippen MR) is 87.4 cm³/mol. The Morgan fingerprint density at radius 2 is 1.74 bits per heavy atom. The van der Waals surface area contributed by atoms with Crippen molar-refractivity contribution >= 4 is 22.6 Å². The molecule has 0 aliphatic heterocycles. The summed E-state index contributed by atoms with van der Waals surface area (Å²) in [4.78, 5) is 0. The molecule has 0 aromatic heterocycles. The Morgan fingerprint density at radius 3 is 2.37 bits per heavy atom. The monoisotopic (exact) mass is 367 g/mol. The number of nitrogens with two attached hydrogens (primary N) is 1. The topological polar surface area (TPSA) is 35.2 Å². The Morgan fingerprint density at radius 1 is 1.05 bits per heavy atom. The second-order valence-electron chi connectivity index (χ2n) is 4.58. The van der Waals surface area contributed by atoms with Crippen molar-refractivity contribution in [2.75, 3.05) is 6.54 Å². The van der Waals surface area contributed by atoms with Crippen molar-refractivity contribution < 1.29 is 4.74 Å². The van der Waals surface area contributed by atoms with Gasteiger partial charge in [-0.05, 0) is 65.7 Å². The van der Waals surface area contributed by atoms with Crippen molar-refractivity contribution in [1.29, 1.82) is 0 Å². The van der Waals surface area contributed by atoms with E-state index in [1.54, 1.807) is 0 Å². The minimum absolute atomic E-state index is 0.604. The van der Waals surface area contributed by atoms with Crippen LogP contribution in [0.1, 0.15) is 16.7 Å². The van der Waals surface area contributed by atoms with Crippen molar-refractivity contribution in [3.8, 4) is 5.75 Å². The maximum Gasteiger partial charge on any atom is 0.133 e. The number of ether oxygens (including phenoxy) is 1. The third kappa shape index (κ3) is 4.21. The van der Waals surface area contributed by atoms with Gasteiger partial charge in [0, 0.05) is 0 Å². The first kappa shape index (κ1) is 14.3. The number of hydrogen-bond acceptors (Lipinski definition) is 2. The molecule has 0 fully saturated rings. The number of halogens is 1. The summed E-state index contributed by atoms with van der Waals surface area (Å²) in [5, 5.41) is 0. The van der Waals surface area contributed by atoms with E-state index in [0.717, 1.165) is 15.7 Å². The van der Waals surface area contributed by atoms with Crippen molar-refractivity contribution in [1.82, 2.24) is 0 Å². The largest absolute Gasteiger partial charge is 0.488 e. The summed E-state index contributed by atoms with van der Waals surface area (Å²) in [6, 6.07) is 14.7. The van der Waals surface area contributed by atoms with Crippen LogP contribution in [-0.2, 0) is 13.0 Å². The van der Waals surface area contributed by atoms with Crippen LogP contribution in [-0.4, -0.2) is 6.54 Å². The van der Waals surface area contributed by atoms with Crippen LogP contribution in [0.3, 0.4) is 0 Å². The first-order valence-corrected chi connectivity index (χ1v) is 7.44. The molecular weight excluding hydrogens is 349 g/mol. The molecule has 100 valence electrons.